The van der Waals surface area contributed by atoms with E-state index in [-0.39, 0.29) is 0 Å². The topological polar surface area (TPSA) is 37.3 Å². The Morgan fingerprint density at radius 3 is 1.79 bits per heavy atom. The molecule has 1 N–H and O–H groups in total. The van der Waals surface area contributed by atoms with Gasteiger partial charge in [-0.15, -0.1) is 0 Å². The molecule has 2 heteroatoms. The predicted octanol–water partition coefficient (Wildman–Crippen LogP) is 8.34. The van der Waals surface area contributed by atoms with Gasteiger partial charge in [0.25, 0.3) is 0 Å². The summed E-state index contributed by atoms with van der Waals surface area (Å²) in [5.41, 5.74) is 4.40. The van der Waals surface area contributed by atoms with Gasteiger partial charge in [-0.2, -0.15) is 0 Å². The molecule has 0 spiro atoms. The second-order valence-electron chi connectivity index (χ2n) is 8.64. The maximum atomic E-state index is 10.4. The van der Waals surface area contributed by atoms with E-state index in [1.807, 2.05) is 0 Å². The highest BCUT2D eigenvalue weighted by molar-refractivity contribution is 5.66. The maximum Gasteiger partial charge on any atom is 0.303 e. The van der Waals surface area contributed by atoms with Crippen molar-refractivity contribution in [1.29, 1.82) is 0 Å². The number of carboxylic acid groups (broad SMARTS) is 1. The lowest BCUT2D eigenvalue weighted by Gasteiger charge is -2.18. The molecule has 0 aliphatic carbocycles. The van der Waals surface area contributed by atoms with Crippen molar-refractivity contribution in [3.05, 3.63) is 34.9 Å². The Kier molecular flexibility index (Phi) is 13.8. The third-order valence-corrected chi connectivity index (χ3v) is 6.05. The summed E-state index contributed by atoms with van der Waals surface area (Å²) in [4.78, 5) is 10.4. The molecule has 1 unspecified atom stereocenters. The Labute approximate surface area is 174 Å². The fourth-order valence-electron chi connectivity index (χ4n) is 4.30. The smallest absolute Gasteiger partial charge is 0.303 e. The van der Waals surface area contributed by atoms with Crippen LogP contribution in [0.4, 0.5) is 0 Å². The van der Waals surface area contributed by atoms with E-state index in [1.165, 1.54) is 88.2 Å². The Bertz CT molecular complexity index is 535. The third-order valence-electron chi connectivity index (χ3n) is 6.05. The number of rotatable bonds is 17. The van der Waals surface area contributed by atoms with Gasteiger partial charge in [-0.3, -0.25) is 4.79 Å². The third kappa shape index (κ3) is 11.5. The van der Waals surface area contributed by atoms with Crippen LogP contribution < -0.4 is 0 Å². The van der Waals surface area contributed by atoms with Gasteiger partial charge in [0.1, 0.15) is 0 Å². The first-order chi connectivity index (χ1) is 13.5. The molecule has 0 amide bonds. The molecule has 1 aromatic rings. The number of carboxylic acids is 1. The summed E-state index contributed by atoms with van der Waals surface area (Å²) in [7, 11) is 0. The highest BCUT2D eigenvalue weighted by Crippen LogP contribution is 2.29. The van der Waals surface area contributed by atoms with Crippen LogP contribution >= 0.6 is 0 Å². The van der Waals surface area contributed by atoms with E-state index in [4.69, 9.17) is 5.11 Å². The number of benzene rings is 1. The monoisotopic (exact) mass is 388 g/mol. The van der Waals surface area contributed by atoms with E-state index in [2.05, 4.69) is 39.0 Å². The van der Waals surface area contributed by atoms with Crippen molar-refractivity contribution < 1.29 is 9.90 Å². The fraction of sp³-hybridized carbons (Fsp3) is 0.731. The first kappa shape index (κ1) is 24.7. The molecule has 0 aliphatic rings. The molecular formula is C26H44O2. The molecule has 1 aromatic carbocycles. The standard InChI is InChI=1S/C26H44O2/c1-4-24(25-20-19-22(2)21-23(25)3)17-15-13-11-9-7-5-6-8-10-12-14-16-18-26(27)28/h19-21,24H,4-18H2,1-3H3,(H,27,28). The molecule has 0 radical (unpaired) electrons. The lowest BCUT2D eigenvalue weighted by Crippen LogP contribution is -2.00. The van der Waals surface area contributed by atoms with Crippen LogP contribution in [0, 0.1) is 13.8 Å². The van der Waals surface area contributed by atoms with Gasteiger partial charge < -0.3 is 5.11 Å². The van der Waals surface area contributed by atoms with Crippen LogP contribution in [0.3, 0.4) is 0 Å². The van der Waals surface area contributed by atoms with Crippen molar-refractivity contribution >= 4 is 5.97 Å². The van der Waals surface area contributed by atoms with E-state index in [0.717, 1.165) is 18.8 Å². The molecule has 0 aliphatic heterocycles. The molecule has 0 fully saturated rings. The quantitative estimate of drug-likeness (QED) is 0.272. The number of hydrogen-bond acceptors (Lipinski definition) is 1. The summed E-state index contributed by atoms with van der Waals surface area (Å²) in [6, 6.07) is 6.94. The van der Waals surface area contributed by atoms with E-state index >= 15 is 0 Å². The van der Waals surface area contributed by atoms with Gasteiger partial charge in [0.2, 0.25) is 0 Å². The van der Waals surface area contributed by atoms with E-state index in [0.29, 0.717) is 6.42 Å². The molecule has 0 saturated heterocycles. The Hall–Kier alpha value is -1.31. The van der Waals surface area contributed by atoms with Crippen LogP contribution in [0.25, 0.3) is 0 Å². The summed E-state index contributed by atoms with van der Waals surface area (Å²) >= 11 is 0. The van der Waals surface area contributed by atoms with E-state index in [9.17, 15) is 4.79 Å². The number of carbonyl (C=O) groups is 1. The zero-order valence-corrected chi connectivity index (χ0v) is 18.8. The first-order valence-corrected chi connectivity index (χ1v) is 11.8. The summed E-state index contributed by atoms with van der Waals surface area (Å²) in [5, 5.41) is 8.60. The molecule has 1 atom stereocenters. The Balaban J connectivity index is 1.96. The summed E-state index contributed by atoms with van der Waals surface area (Å²) in [6.45, 7) is 6.78. The van der Waals surface area contributed by atoms with Gasteiger partial charge in [0, 0.05) is 6.42 Å². The summed E-state index contributed by atoms with van der Waals surface area (Å²) in [6.07, 6.45) is 18.3. The second kappa shape index (κ2) is 15.6. The van der Waals surface area contributed by atoms with Crippen LogP contribution in [-0.4, -0.2) is 11.1 Å². The van der Waals surface area contributed by atoms with Gasteiger partial charge in [0.05, 0.1) is 0 Å². The molecule has 1 rings (SSSR count). The van der Waals surface area contributed by atoms with Gasteiger partial charge in [-0.1, -0.05) is 101 Å². The molecule has 0 aromatic heterocycles. The lowest BCUT2D eigenvalue weighted by atomic mass is 9.87. The van der Waals surface area contributed by atoms with Crippen molar-refractivity contribution in [2.24, 2.45) is 0 Å². The summed E-state index contributed by atoms with van der Waals surface area (Å²) in [5.74, 6) is 0.0755. The zero-order chi connectivity index (χ0) is 20.6. The van der Waals surface area contributed by atoms with Gasteiger partial charge >= 0.3 is 5.97 Å². The van der Waals surface area contributed by atoms with Crippen molar-refractivity contribution in [3.63, 3.8) is 0 Å². The number of unbranched alkanes of at least 4 members (excludes halogenated alkanes) is 11. The average Bonchev–Trinajstić information content (AvgIpc) is 2.65. The Morgan fingerprint density at radius 1 is 0.821 bits per heavy atom. The Morgan fingerprint density at radius 2 is 1.32 bits per heavy atom. The number of hydrogen-bond donors (Lipinski definition) is 1. The van der Waals surface area contributed by atoms with Gasteiger partial charge in [0.15, 0.2) is 0 Å². The molecule has 2 nitrogen and oxygen atoms in total. The highest BCUT2D eigenvalue weighted by Gasteiger charge is 2.11. The van der Waals surface area contributed by atoms with E-state index < -0.39 is 5.97 Å². The maximum absolute atomic E-state index is 10.4. The molecule has 28 heavy (non-hydrogen) atoms. The van der Waals surface area contributed by atoms with Gasteiger partial charge in [-0.25, -0.2) is 0 Å². The highest BCUT2D eigenvalue weighted by atomic mass is 16.4. The molecule has 0 saturated carbocycles. The van der Waals surface area contributed by atoms with Crippen molar-refractivity contribution in [3.8, 4) is 0 Å². The largest absolute Gasteiger partial charge is 0.481 e. The van der Waals surface area contributed by atoms with Gasteiger partial charge in [-0.05, 0) is 50.2 Å². The fourth-order valence-corrected chi connectivity index (χ4v) is 4.30. The molecular weight excluding hydrogens is 344 g/mol. The summed E-state index contributed by atoms with van der Waals surface area (Å²) < 4.78 is 0. The lowest BCUT2D eigenvalue weighted by molar-refractivity contribution is -0.137. The van der Waals surface area contributed by atoms with E-state index in [1.54, 1.807) is 5.56 Å². The molecule has 160 valence electrons. The van der Waals surface area contributed by atoms with Crippen LogP contribution in [0.5, 0.6) is 0 Å². The van der Waals surface area contributed by atoms with Crippen molar-refractivity contribution in [2.75, 3.05) is 0 Å². The SMILES string of the molecule is CCC(CCCCCCCCCCCCCCC(=O)O)c1ccc(C)cc1C. The van der Waals surface area contributed by atoms with Crippen LogP contribution in [0.2, 0.25) is 0 Å². The molecule has 0 bridgehead atoms. The minimum absolute atomic E-state index is 0.337. The zero-order valence-electron chi connectivity index (χ0n) is 18.8. The van der Waals surface area contributed by atoms with Crippen LogP contribution in [0.15, 0.2) is 18.2 Å². The van der Waals surface area contributed by atoms with Crippen LogP contribution in [-0.2, 0) is 4.79 Å². The van der Waals surface area contributed by atoms with Crippen molar-refractivity contribution in [1.82, 2.24) is 0 Å². The normalized spacial score (nSPS) is 12.2. The average molecular weight is 389 g/mol. The second-order valence-corrected chi connectivity index (χ2v) is 8.64. The minimum Gasteiger partial charge on any atom is -0.481 e. The van der Waals surface area contributed by atoms with Crippen molar-refractivity contribution in [2.45, 2.75) is 123 Å². The molecule has 0 heterocycles. The number of aryl methyl sites for hydroxylation is 2. The first-order valence-electron chi connectivity index (χ1n) is 11.8. The van der Waals surface area contributed by atoms with Crippen LogP contribution in [0.1, 0.15) is 126 Å². The predicted molar refractivity (Wildman–Crippen MR) is 121 cm³/mol. The number of aliphatic carboxylic acids is 1. The minimum atomic E-state index is -0.657.